The summed E-state index contributed by atoms with van der Waals surface area (Å²) < 4.78 is 0. The fraction of sp³-hybridized carbons (Fsp3) is 0.120. The maximum Gasteiger partial charge on any atom is 0.300 e. The molecule has 1 atom stereocenters. The molecule has 4 rings (SSSR count). The fourth-order valence-electron chi connectivity index (χ4n) is 3.72. The second-order valence-electron chi connectivity index (χ2n) is 7.50. The molecule has 6 heteroatoms. The maximum atomic E-state index is 13.1. The quantitative estimate of drug-likeness (QED) is 0.357. The van der Waals surface area contributed by atoms with Gasteiger partial charge in [0.2, 0.25) is 0 Å². The Kier molecular flexibility index (Phi) is 5.53. The second-order valence-corrected chi connectivity index (χ2v) is 7.93. The maximum absolute atomic E-state index is 13.1. The van der Waals surface area contributed by atoms with E-state index in [9.17, 15) is 14.7 Å². The first-order valence-corrected chi connectivity index (χ1v) is 10.2. The average molecular weight is 433 g/mol. The third-order valence-electron chi connectivity index (χ3n) is 5.32. The van der Waals surface area contributed by atoms with Gasteiger partial charge >= 0.3 is 0 Å². The minimum Gasteiger partial charge on any atom is -0.507 e. The van der Waals surface area contributed by atoms with E-state index >= 15 is 0 Å². The zero-order valence-electron chi connectivity index (χ0n) is 17.1. The van der Waals surface area contributed by atoms with Crippen LogP contribution in [0.25, 0.3) is 5.76 Å². The number of benzene rings is 3. The van der Waals surface area contributed by atoms with Gasteiger partial charge in [0.1, 0.15) is 5.76 Å². The summed E-state index contributed by atoms with van der Waals surface area (Å²) in [6.07, 6.45) is 0. The van der Waals surface area contributed by atoms with Crippen molar-refractivity contribution in [1.82, 2.24) is 0 Å². The molecule has 0 saturated carbocycles. The molecule has 1 amide bonds. The molecule has 0 aromatic heterocycles. The number of amides is 1. The summed E-state index contributed by atoms with van der Waals surface area (Å²) in [6, 6.07) is 22.3. The zero-order chi connectivity index (χ0) is 22.1. The average Bonchev–Trinajstić information content (AvgIpc) is 3.05. The van der Waals surface area contributed by atoms with E-state index in [1.54, 1.807) is 48.5 Å². The van der Waals surface area contributed by atoms with Crippen LogP contribution in [0.2, 0.25) is 5.02 Å². The van der Waals surface area contributed by atoms with E-state index in [2.05, 4.69) is 0 Å². The molecule has 1 N–H and O–H groups in total. The van der Waals surface area contributed by atoms with E-state index in [1.807, 2.05) is 49.3 Å². The van der Waals surface area contributed by atoms with E-state index in [0.717, 1.165) is 11.3 Å². The summed E-state index contributed by atoms with van der Waals surface area (Å²) in [4.78, 5) is 29.5. The van der Waals surface area contributed by atoms with Gasteiger partial charge in [-0.2, -0.15) is 0 Å². The topological polar surface area (TPSA) is 60.9 Å². The first kappa shape index (κ1) is 20.7. The van der Waals surface area contributed by atoms with Crippen LogP contribution in [-0.4, -0.2) is 30.9 Å². The molecule has 3 aromatic carbocycles. The molecule has 1 aliphatic heterocycles. The van der Waals surface area contributed by atoms with Gasteiger partial charge < -0.3 is 10.0 Å². The number of hydrogen-bond donors (Lipinski definition) is 1. The lowest BCUT2D eigenvalue weighted by Gasteiger charge is -2.26. The van der Waals surface area contributed by atoms with Gasteiger partial charge in [0.05, 0.1) is 11.6 Å². The Morgan fingerprint density at radius 3 is 2.10 bits per heavy atom. The SMILES string of the molecule is CN(C)c1ccc(C2/C(=C(\O)c3ccccc3)C(=O)C(=O)N2c2ccc(Cl)cc2)cc1. The highest BCUT2D eigenvalue weighted by Crippen LogP contribution is 2.42. The van der Waals surface area contributed by atoms with E-state index in [0.29, 0.717) is 16.3 Å². The van der Waals surface area contributed by atoms with Crippen molar-refractivity contribution in [3.63, 3.8) is 0 Å². The Bertz CT molecular complexity index is 1150. The Hall–Kier alpha value is -3.57. The van der Waals surface area contributed by atoms with Crippen LogP contribution in [0.15, 0.2) is 84.4 Å². The lowest BCUT2D eigenvalue weighted by atomic mass is 9.95. The number of carbonyl (C=O) groups excluding carboxylic acids is 2. The van der Waals surface area contributed by atoms with Crippen LogP contribution in [0.4, 0.5) is 11.4 Å². The van der Waals surface area contributed by atoms with Gasteiger partial charge in [0.15, 0.2) is 0 Å². The van der Waals surface area contributed by atoms with Crippen LogP contribution in [-0.2, 0) is 9.59 Å². The molecule has 1 unspecified atom stereocenters. The highest BCUT2D eigenvalue weighted by molar-refractivity contribution is 6.51. The van der Waals surface area contributed by atoms with Gasteiger partial charge in [-0.25, -0.2) is 0 Å². The summed E-state index contributed by atoms with van der Waals surface area (Å²) in [7, 11) is 3.87. The molecular weight excluding hydrogens is 412 g/mol. The summed E-state index contributed by atoms with van der Waals surface area (Å²) in [5, 5.41) is 11.6. The highest BCUT2D eigenvalue weighted by Gasteiger charge is 2.46. The second kappa shape index (κ2) is 8.28. The van der Waals surface area contributed by atoms with Crippen LogP contribution in [0.3, 0.4) is 0 Å². The van der Waals surface area contributed by atoms with Crippen LogP contribution in [0.5, 0.6) is 0 Å². The van der Waals surface area contributed by atoms with Gasteiger partial charge in [-0.05, 0) is 42.0 Å². The van der Waals surface area contributed by atoms with E-state index < -0.39 is 17.7 Å². The van der Waals surface area contributed by atoms with Gasteiger partial charge in [0.25, 0.3) is 11.7 Å². The molecule has 0 radical (unpaired) electrons. The van der Waals surface area contributed by atoms with Crippen LogP contribution in [0.1, 0.15) is 17.2 Å². The van der Waals surface area contributed by atoms with Gasteiger partial charge in [-0.15, -0.1) is 0 Å². The normalized spacial score (nSPS) is 17.8. The molecule has 0 bridgehead atoms. The van der Waals surface area contributed by atoms with Crippen molar-refractivity contribution >= 4 is 40.4 Å². The summed E-state index contributed by atoms with van der Waals surface area (Å²) in [5.74, 6) is -1.61. The first-order chi connectivity index (χ1) is 14.9. The molecule has 1 saturated heterocycles. The lowest BCUT2D eigenvalue weighted by Crippen LogP contribution is -2.29. The minimum atomic E-state index is -0.766. The van der Waals surface area contributed by atoms with Crippen molar-refractivity contribution in [3.8, 4) is 0 Å². The molecule has 0 aliphatic carbocycles. The number of ketones is 1. The van der Waals surface area contributed by atoms with Crippen LogP contribution >= 0.6 is 11.6 Å². The van der Waals surface area contributed by atoms with Gasteiger partial charge in [-0.1, -0.05) is 54.1 Å². The molecule has 5 nitrogen and oxygen atoms in total. The molecule has 1 aliphatic rings. The lowest BCUT2D eigenvalue weighted by molar-refractivity contribution is -0.132. The van der Waals surface area contributed by atoms with Crippen molar-refractivity contribution in [2.24, 2.45) is 0 Å². The Balaban J connectivity index is 1.92. The van der Waals surface area contributed by atoms with Crippen LogP contribution < -0.4 is 9.80 Å². The number of halogens is 1. The molecule has 3 aromatic rings. The van der Waals surface area contributed by atoms with E-state index in [4.69, 9.17) is 11.6 Å². The van der Waals surface area contributed by atoms with Crippen molar-refractivity contribution in [1.29, 1.82) is 0 Å². The molecule has 0 spiro atoms. The zero-order valence-corrected chi connectivity index (χ0v) is 17.9. The number of aliphatic hydroxyl groups is 1. The third kappa shape index (κ3) is 3.80. The summed E-state index contributed by atoms with van der Waals surface area (Å²) in [5.41, 5.74) is 2.77. The van der Waals surface area contributed by atoms with Crippen molar-refractivity contribution in [3.05, 3.63) is 101 Å². The monoisotopic (exact) mass is 432 g/mol. The molecular formula is C25H21ClN2O3. The molecule has 1 fully saturated rings. The third-order valence-corrected chi connectivity index (χ3v) is 5.57. The smallest absolute Gasteiger partial charge is 0.300 e. The van der Waals surface area contributed by atoms with Crippen molar-refractivity contribution in [2.75, 3.05) is 23.9 Å². The Morgan fingerprint density at radius 2 is 1.52 bits per heavy atom. The van der Waals surface area contributed by atoms with Crippen LogP contribution in [0, 0.1) is 0 Å². The number of hydrogen-bond acceptors (Lipinski definition) is 4. The Labute approximate surface area is 185 Å². The largest absolute Gasteiger partial charge is 0.507 e. The number of anilines is 2. The Morgan fingerprint density at radius 1 is 0.903 bits per heavy atom. The van der Waals surface area contributed by atoms with Crippen molar-refractivity contribution < 1.29 is 14.7 Å². The van der Waals surface area contributed by atoms with Gasteiger partial charge in [0, 0.05) is 36.1 Å². The van der Waals surface area contributed by atoms with E-state index in [1.165, 1.54) is 4.90 Å². The van der Waals surface area contributed by atoms with Gasteiger partial charge in [-0.3, -0.25) is 14.5 Å². The molecule has 1 heterocycles. The number of carbonyl (C=O) groups is 2. The number of rotatable bonds is 4. The minimum absolute atomic E-state index is 0.0590. The predicted molar refractivity (Wildman–Crippen MR) is 123 cm³/mol. The highest BCUT2D eigenvalue weighted by atomic mass is 35.5. The van der Waals surface area contributed by atoms with Crippen molar-refractivity contribution in [2.45, 2.75) is 6.04 Å². The fourth-order valence-corrected chi connectivity index (χ4v) is 3.85. The first-order valence-electron chi connectivity index (χ1n) is 9.78. The molecule has 31 heavy (non-hydrogen) atoms. The summed E-state index contributed by atoms with van der Waals surface area (Å²) in [6.45, 7) is 0. The number of nitrogens with zero attached hydrogens (tertiary/aromatic N) is 2. The predicted octanol–water partition coefficient (Wildman–Crippen LogP) is 5.03. The molecule has 156 valence electrons. The number of aliphatic hydroxyl groups excluding tert-OH is 1. The summed E-state index contributed by atoms with van der Waals surface area (Å²) >= 11 is 6.02. The standard InChI is InChI=1S/C25H21ClN2O3/c1-27(2)19-12-8-16(9-13-19)22-21(23(29)17-6-4-3-5-7-17)24(30)25(31)28(22)20-14-10-18(26)11-15-20/h3-15,22,29H,1-2H3/b23-21+. The number of Topliss-reactive ketones (excluding diaryl/α,β-unsaturated/α-hetero) is 1. The van der Waals surface area contributed by atoms with E-state index in [-0.39, 0.29) is 11.3 Å².